The Morgan fingerprint density at radius 3 is 2.95 bits per heavy atom. The second-order valence-corrected chi connectivity index (χ2v) is 7.02. The average Bonchev–Trinajstić information content (AvgIpc) is 3.08. The SMILES string of the molecule is C[n+]1c(O)c(C(=O)C(F)F)n2c1SCC2c1cnc(Cl)s1. The highest BCUT2D eigenvalue weighted by molar-refractivity contribution is 7.99. The van der Waals surface area contributed by atoms with E-state index in [2.05, 4.69) is 4.98 Å². The third kappa shape index (κ3) is 2.23. The lowest BCUT2D eigenvalue weighted by Gasteiger charge is -2.06. The molecule has 1 N–H and O–H groups in total. The van der Waals surface area contributed by atoms with Crippen LogP contribution in [0.1, 0.15) is 21.4 Å². The van der Waals surface area contributed by atoms with E-state index in [1.54, 1.807) is 6.20 Å². The van der Waals surface area contributed by atoms with Gasteiger partial charge in [-0.3, -0.25) is 4.79 Å². The molecule has 10 heteroatoms. The first-order valence-electron chi connectivity index (χ1n) is 5.81. The molecule has 1 aliphatic rings. The zero-order chi connectivity index (χ0) is 15.3. The minimum absolute atomic E-state index is 0.339. The van der Waals surface area contributed by atoms with Crippen LogP contribution in [0.2, 0.25) is 4.47 Å². The second-order valence-electron chi connectivity index (χ2n) is 4.39. The number of hydrogen-bond acceptors (Lipinski definition) is 5. The van der Waals surface area contributed by atoms with E-state index in [1.165, 1.54) is 39.3 Å². The Morgan fingerprint density at radius 1 is 1.67 bits per heavy atom. The van der Waals surface area contributed by atoms with Crippen molar-refractivity contribution in [1.82, 2.24) is 9.55 Å². The van der Waals surface area contributed by atoms with Gasteiger partial charge in [-0.2, -0.15) is 4.57 Å². The minimum Gasteiger partial charge on any atom is -0.475 e. The number of fused-ring (bicyclic) bond motifs is 1. The number of carbonyl (C=O) groups is 1. The first-order valence-corrected chi connectivity index (χ1v) is 7.99. The second kappa shape index (κ2) is 5.22. The molecule has 3 rings (SSSR count). The molecule has 0 amide bonds. The molecular formula is C11H9ClF2N3O2S2+. The van der Waals surface area contributed by atoms with E-state index >= 15 is 0 Å². The van der Waals surface area contributed by atoms with Crippen LogP contribution in [0, 0.1) is 0 Å². The number of alkyl halides is 2. The summed E-state index contributed by atoms with van der Waals surface area (Å²) in [4.78, 5) is 16.4. The topological polar surface area (TPSA) is 59.0 Å². The van der Waals surface area contributed by atoms with Crippen LogP contribution in [0.3, 0.4) is 0 Å². The number of thiazole rings is 1. The van der Waals surface area contributed by atoms with Gasteiger partial charge in [0.1, 0.15) is 6.04 Å². The Bertz CT molecular complexity index is 731. The van der Waals surface area contributed by atoms with Crippen LogP contribution < -0.4 is 4.57 Å². The van der Waals surface area contributed by atoms with E-state index in [4.69, 9.17) is 11.6 Å². The molecular weight excluding hydrogens is 344 g/mol. The van der Waals surface area contributed by atoms with Gasteiger partial charge in [-0.15, -0.1) is 11.3 Å². The summed E-state index contributed by atoms with van der Waals surface area (Å²) < 4.78 is 28.7. The molecule has 3 heterocycles. The zero-order valence-electron chi connectivity index (χ0n) is 10.6. The van der Waals surface area contributed by atoms with E-state index in [1.807, 2.05) is 0 Å². The number of carbonyl (C=O) groups excluding carboxylic acids is 1. The van der Waals surface area contributed by atoms with Gasteiger partial charge in [-0.05, 0) is 11.8 Å². The van der Waals surface area contributed by atoms with Crippen LogP contribution in [0.5, 0.6) is 5.88 Å². The quantitative estimate of drug-likeness (QED) is 0.680. The third-order valence-corrected chi connectivity index (χ3v) is 5.63. The maximum Gasteiger partial charge on any atom is 0.334 e. The standard InChI is InChI=1S/C11H8ClF2N3O2S2/c1-16-9(19)6(7(18)8(13)14)17-4(3-20-11(16)17)5-2-15-10(12)21-5/h2,4,8H,3H2,1H3/p+1. The minimum atomic E-state index is -3.17. The van der Waals surface area contributed by atoms with Gasteiger partial charge in [-0.1, -0.05) is 11.6 Å². The third-order valence-electron chi connectivity index (χ3n) is 3.20. The van der Waals surface area contributed by atoms with Crippen molar-refractivity contribution in [3.05, 3.63) is 21.2 Å². The smallest absolute Gasteiger partial charge is 0.334 e. The van der Waals surface area contributed by atoms with Gasteiger partial charge < -0.3 is 5.11 Å². The molecule has 5 nitrogen and oxygen atoms in total. The molecule has 0 spiro atoms. The monoisotopic (exact) mass is 352 g/mol. The van der Waals surface area contributed by atoms with Crippen molar-refractivity contribution in [2.24, 2.45) is 7.05 Å². The number of ketones is 1. The summed E-state index contributed by atoms with van der Waals surface area (Å²) in [5.74, 6) is -1.29. The molecule has 0 fully saturated rings. The molecule has 0 aliphatic carbocycles. The first kappa shape index (κ1) is 14.7. The van der Waals surface area contributed by atoms with Crippen molar-refractivity contribution in [1.29, 1.82) is 0 Å². The van der Waals surface area contributed by atoms with Gasteiger partial charge in [0.15, 0.2) is 4.47 Å². The maximum absolute atomic E-state index is 12.8. The molecule has 112 valence electrons. The Kier molecular flexibility index (Phi) is 3.66. The highest BCUT2D eigenvalue weighted by Gasteiger charge is 2.45. The molecule has 1 aliphatic heterocycles. The first-order chi connectivity index (χ1) is 9.91. The summed E-state index contributed by atoms with van der Waals surface area (Å²) in [6, 6.07) is -0.347. The number of halogens is 3. The van der Waals surface area contributed by atoms with E-state index in [-0.39, 0.29) is 11.7 Å². The number of thioether (sulfide) groups is 1. The van der Waals surface area contributed by atoms with Gasteiger partial charge in [0.2, 0.25) is 0 Å². The summed E-state index contributed by atoms with van der Waals surface area (Å²) in [7, 11) is 1.53. The Morgan fingerprint density at radius 2 is 2.38 bits per heavy atom. The van der Waals surface area contributed by atoms with Gasteiger partial charge in [0.25, 0.3) is 11.5 Å². The molecule has 0 aromatic carbocycles. The van der Waals surface area contributed by atoms with Crippen molar-refractivity contribution in [3.63, 3.8) is 0 Å². The fourth-order valence-corrected chi connectivity index (χ4v) is 4.68. The fourth-order valence-electron chi connectivity index (χ4n) is 2.26. The lowest BCUT2D eigenvalue weighted by molar-refractivity contribution is -0.714. The van der Waals surface area contributed by atoms with Crippen molar-refractivity contribution in [3.8, 4) is 5.88 Å². The van der Waals surface area contributed by atoms with Crippen LogP contribution in [-0.2, 0) is 7.05 Å². The number of hydrogen-bond donors (Lipinski definition) is 1. The molecule has 0 radical (unpaired) electrons. The van der Waals surface area contributed by atoms with E-state index in [0.29, 0.717) is 15.4 Å². The molecule has 1 atom stereocenters. The molecule has 2 aromatic heterocycles. The largest absolute Gasteiger partial charge is 0.475 e. The summed E-state index contributed by atoms with van der Waals surface area (Å²) in [6.45, 7) is 0. The van der Waals surface area contributed by atoms with Crippen LogP contribution in [0.4, 0.5) is 8.78 Å². The van der Waals surface area contributed by atoms with Crippen LogP contribution in [0.25, 0.3) is 0 Å². The Hall–Kier alpha value is -1.19. The van der Waals surface area contributed by atoms with Crippen LogP contribution in [-0.4, -0.2) is 32.6 Å². The molecule has 0 saturated heterocycles. The Labute approximate surface area is 131 Å². The van der Waals surface area contributed by atoms with Gasteiger partial charge in [0, 0.05) is 6.20 Å². The number of rotatable bonds is 3. The summed E-state index contributed by atoms with van der Waals surface area (Å²) >= 11 is 8.40. The van der Waals surface area contributed by atoms with Crippen molar-refractivity contribution in [2.75, 3.05) is 5.75 Å². The number of nitrogens with zero attached hydrogens (tertiary/aromatic N) is 3. The zero-order valence-corrected chi connectivity index (χ0v) is 13.0. The van der Waals surface area contributed by atoms with E-state index in [9.17, 15) is 18.7 Å². The van der Waals surface area contributed by atoms with Crippen LogP contribution >= 0.6 is 34.7 Å². The van der Waals surface area contributed by atoms with E-state index < -0.39 is 18.1 Å². The molecule has 2 aromatic rings. The van der Waals surface area contributed by atoms with Crippen molar-refractivity contribution < 1.29 is 23.2 Å². The predicted molar refractivity (Wildman–Crippen MR) is 73.6 cm³/mol. The number of Topliss-reactive ketones (excluding diaryl/α,β-unsaturated/α-hetero) is 1. The molecule has 0 bridgehead atoms. The highest BCUT2D eigenvalue weighted by atomic mass is 35.5. The maximum atomic E-state index is 12.8. The van der Waals surface area contributed by atoms with Crippen molar-refractivity contribution in [2.45, 2.75) is 17.6 Å². The molecule has 1 unspecified atom stereocenters. The number of aromatic nitrogens is 3. The fraction of sp³-hybridized carbons (Fsp3) is 0.364. The molecule has 0 saturated carbocycles. The lowest BCUT2D eigenvalue weighted by atomic mass is 10.2. The van der Waals surface area contributed by atoms with Crippen LogP contribution in [0.15, 0.2) is 11.4 Å². The van der Waals surface area contributed by atoms with Crippen molar-refractivity contribution >= 4 is 40.5 Å². The summed E-state index contributed by atoms with van der Waals surface area (Å²) in [5.41, 5.74) is -0.373. The van der Waals surface area contributed by atoms with E-state index in [0.717, 1.165) is 4.88 Å². The number of imidazole rings is 1. The molecule has 21 heavy (non-hydrogen) atoms. The average molecular weight is 353 g/mol. The predicted octanol–water partition coefficient (Wildman–Crippen LogP) is 2.27. The highest BCUT2D eigenvalue weighted by Crippen LogP contribution is 2.42. The van der Waals surface area contributed by atoms with Gasteiger partial charge in [-0.25, -0.2) is 18.3 Å². The summed E-state index contributed by atoms with van der Waals surface area (Å²) in [5, 5.41) is 10.5. The van der Waals surface area contributed by atoms with Gasteiger partial charge in [0.05, 0.1) is 17.7 Å². The summed E-state index contributed by atoms with van der Waals surface area (Å²) in [6.07, 6.45) is -1.62. The Balaban J connectivity index is 2.16. The number of aromatic hydroxyl groups is 1. The normalized spacial score (nSPS) is 17.5. The van der Waals surface area contributed by atoms with Gasteiger partial charge >= 0.3 is 17.5 Å². The lowest BCUT2D eigenvalue weighted by Crippen LogP contribution is -2.28.